The smallest absolute Gasteiger partial charge is 0.328 e. The maximum Gasteiger partial charge on any atom is 0.328 e. The van der Waals surface area contributed by atoms with Gasteiger partial charge in [-0.1, -0.05) is 18.2 Å². The van der Waals surface area contributed by atoms with Gasteiger partial charge in [0, 0.05) is 25.3 Å². The summed E-state index contributed by atoms with van der Waals surface area (Å²) >= 11 is 0. The number of carbonyl (C=O) groups is 1. The molecule has 1 aliphatic heterocycles. The van der Waals surface area contributed by atoms with Crippen molar-refractivity contribution in [2.24, 2.45) is 0 Å². The molecule has 4 nitrogen and oxygen atoms in total. The lowest BCUT2D eigenvalue weighted by Crippen LogP contribution is -2.42. The van der Waals surface area contributed by atoms with Crippen LogP contribution in [0.2, 0.25) is 0 Å². The lowest BCUT2D eigenvalue weighted by Gasteiger charge is -2.29. The second kappa shape index (κ2) is 6.61. The van der Waals surface area contributed by atoms with Gasteiger partial charge in [0.1, 0.15) is 6.04 Å². The van der Waals surface area contributed by atoms with Crippen LogP contribution in [0.15, 0.2) is 24.3 Å². The minimum absolute atomic E-state index is 0. The predicted octanol–water partition coefficient (Wildman–Crippen LogP) is 1.58. The van der Waals surface area contributed by atoms with Crippen molar-refractivity contribution in [2.75, 3.05) is 25.1 Å². The van der Waals surface area contributed by atoms with Crippen molar-refractivity contribution in [1.29, 1.82) is 0 Å². The van der Waals surface area contributed by atoms with Crippen LogP contribution in [0.5, 0.6) is 0 Å². The van der Waals surface area contributed by atoms with E-state index < -0.39 is 0 Å². The molecule has 0 aromatic heterocycles. The van der Waals surface area contributed by atoms with Gasteiger partial charge >= 0.3 is 5.97 Å². The molecule has 0 radical (unpaired) electrons. The van der Waals surface area contributed by atoms with E-state index in [1.165, 1.54) is 12.7 Å². The van der Waals surface area contributed by atoms with E-state index in [4.69, 9.17) is 4.74 Å². The van der Waals surface area contributed by atoms with Gasteiger partial charge in [-0.2, -0.15) is 0 Å². The van der Waals surface area contributed by atoms with Crippen LogP contribution >= 0.6 is 12.4 Å². The Kier molecular flexibility index (Phi) is 5.44. The molecule has 0 fully saturated rings. The van der Waals surface area contributed by atoms with E-state index in [0.717, 1.165) is 25.3 Å². The van der Waals surface area contributed by atoms with Crippen LogP contribution in [0.1, 0.15) is 12.5 Å². The second-order valence-electron chi connectivity index (χ2n) is 4.20. The van der Waals surface area contributed by atoms with Gasteiger partial charge in [0.2, 0.25) is 0 Å². The number of nitrogens with zero attached hydrogens (tertiary/aromatic N) is 1. The molecule has 18 heavy (non-hydrogen) atoms. The molecule has 1 heterocycles. The summed E-state index contributed by atoms with van der Waals surface area (Å²) in [7, 11) is 1.43. The number of fused-ring (bicyclic) bond motifs is 1. The molecule has 100 valence electrons. The van der Waals surface area contributed by atoms with Crippen LogP contribution in [-0.4, -0.2) is 32.2 Å². The Hall–Kier alpha value is -1.26. The first-order chi connectivity index (χ1) is 8.24. The molecule has 0 bridgehead atoms. The quantitative estimate of drug-likeness (QED) is 0.829. The van der Waals surface area contributed by atoms with Crippen molar-refractivity contribution in [3.05, 3.63) is 29.8 Å². The number of esters is 1. The summed E-state index contributed by atoms with van der Waals surface area (Å²) in [4.78, 5) is 13.7. The third kappa shape index (κ3) is 2.94. The summed E-state index contributed by atoms with van der Waals surface area (Å²) in [5.74, 6) is -0.193. The molecular weight excluding hydrogens is 252 g/mol. The largest absolute Gasteiger partial charge is 0.467 e. The fourth-order valence-electron chi connectivity index (χ4n) is 2.18. The maximum absolute atomic E-state index is 11.6. The predicted molar refractivity (Wildman–Crippen MR) is 74.2 cm³/mol. The number of ether oxygens (including phenoxy) is 1. The van der Waals surface area contributed by atoms with Gasteiger partial charge in [0.25, 0.3) is 0 Å². The van der Waals surface area contributed by atoms with Crippen molar-refractivity contribution >= 4 is 24.1 Å². The number of hydrogen-bond donors (Lipinski definition) is 1. The summed E-state index contributed by atoms with van der Waals surface area (Å²) in [6.45, 7) is 4.41. The average Bonchev–Trinajstić information content (AvgIpc) is 2.59. The van der Waals surface area contributed by atoms with Gasteiger partial charge in [-0.3, -0.25) is 0 Å². The minimum Gasteiger partial charge on any atom is -0.467 e. The number of carbonyl (C=O) groups excluding carboxylic acids is 1. The van der Waals surface area contributed by atoms with Gasteiger partial charge < -0.3 is 15.0 Å². The highest BCUT2D eigenvalue weighted by Gasteiger charge is 2.24. The zero-order valence-corrected chi connectivity index (χ0v) is 11.5. The zero-order valence-electron chi connectivity index (χ0n) is 10.7. The molecule has 1 aromatic carbocycles. The molecule has 0 spiro atoms. The van der Waals surface area contributed by atoms with E-state index in [1.54, 1.807) is 0 Å². The summed E-state index contributed by atoms with van der Waals surface area (Å²) in [5, 5.41) is 3.35. The maximum atomic E-state index is 11.6. The van der Waals surface area contributed by atoms with Crippen molar-refractivity contribution in [1.82, 2.24) is 5.32 Å². The molecule has 0 amide bonds. The molecule has 1 aromatic rings. The molecule has 5 heteroatoms. The molecule has 0 saturated carbocycles. The van der Waals surface area contributed by atoms with Crippen LogP contribution in [-0.2, 0) is 16.1 Å². The molecule has 1 atom stereocenters. The zero-order chi connectivity index (χ0) is 12.3. The van der Waals surface area contributed by atoms with Crippen LogP contribution in [0, 0.1) is 0 Å². The van der Waals surface area contributed by atoms with Crippen LogP contribution < -0.4 is 10.2 Å². The first-order valence-electron chi connectivity index (χ1n) is 5.87. The minimum atomic E-state index is -0.249. The van der Waals surface area contributed by atoms with Gasteiger partial charge in [0.15, 0.2) is 0 Å². The van der Waals surface area contributed by atoms with Gasteiger partial charge in [0.05, 0.1) is 7.11 Å². The van der Waals surface area contributed by atoms with Gasteiger partial charge in [-0.15, -0.1) is 12.4 Å². The fourth-order valence-corrected chi connectivity index (χ4v) is 2.18. The van der Waals surface area contributed by atoms with Crippen LogP contribution in [0.4, 0.5) is 5.69 Å². The number of methoxy groups -OCH3 is 1. The number of nitrogens with one attached hydrogen (secondary N) is 1. The fraction of sp³-hybridized carbons (Fsp3) is 0.462. The first-order valence-corrected chi connectivity index (χ1v) is 5.87. The summed E-state index contributed by atoms with van der Waals surface area (Å²) in [6, 6.07) is 7.92. The Morgan fingerprint density at radius 3 is 2.89 bits per heavy atom. The van der Waals surface area contributed by atoms with Crippen molar-refractivity contribution in [3.63, 3.8) is 0 Å². The molecule has 1 N–H and O–H groups in total. The summed E-state index contributed by atoms with van der Waals surface area (Å²) in [5.41, 5.74) is 2.34. The Balaban J connectivity index is 0.00000162. The molecule has 0 aliphatic carbocycles. The normalized spacial score (nSPS) is 16.0. The summed E-state index contributed by atoms with van der Waals surface area (Å²) < 4.78 is 4.82. The summed E-state index contributed by atoms with van der Waals surface area (Å²) in [6.07, 6.45) is 0. The number of hydrogen-bond acceptors (Lipinski definition) is 4. The Morgan fingerprint density at radius 2 is 2.17 bits per heavy atom. The monoisotopic (exact) mass is 270 g/mol. The van der Waals surface area contributed by atoms with Crippen molar-refractivity contribution in [3.8, 4) is 0 Å². The number of para-hydroxylation sites is 1. The average molecular weight is 271 g/mol. The number of benzene rings is 1. The highest BCUT2D eigenvalue weighted by molar-refractivity contribution is 5.85. The third-order valence-corrected chi connectivity index (χ3v) is 3.16. The van der Waals surface area contributed by atoms with E-state index >= 15 is 0 Å². The van der Waals surface area contributed by atoms with E-state index in [9.17, 15) is 4.79 Å². The van der Waals surface area contributed by atoms with Gasteiger partial charge in [-0.05, 0) is 18.6 Å². The lowest BCUT2D eigenvalue weighted by atomic mass is 10.1. The topological polar surface area (TPSA) is 41.6 Å². The number of rotatable bonds is 2. The SMILES string of the molecule is COC(=O)C(C)N1CCNCc2ccccc21.Cl. The van der Waals surface area contributed by atoms with Crippen LogP contribution in [0.25, 0.3) is 0 Å². The number of anilines is 1. The van der Waals surface area contributed by atoms with Gasteiger partial charge in [-0.25, -0.2) is 4.79 Å². The van der Waals surface area contributed by atoms with E-state index in [1.807, 2.05) is 19.1 Å². The van der Waals surface area contributed by atoms with E-state index in [2.05, 4.69) is 22.3 Å². The van der Waals surface area contributed by atoms with Crippen LogP contribution in [0.3, 0.4) is 0 Å². The second-order valence-corrected chi connectivity index (χ2v) is 4.20. The Morgan fingerprint density at radius 1 is 1.44 bits per heavy atom. The molecule has 1 aliphatic rings. The Bertz CT molecular complexity index is 412. The highest BCUT2D eigenvalue weighted by Crippen LogP contribution is 2.24. The molecule has 2 rings (SSSR count). The van der Waals surface area contributed by atoms with E-state index in [-0.39, 0.29) is 24.4 Å². The van der Waals surface area contributed by atoms with Crippen molar-refractivity contribution < 1.29 is 9.53 Å². The molecule has 0 saturated heterocycles. The molecule has 1 unspecified atom stereocenters. The highest BCUT2D eigenvalue weighted by atomic mass is 35.5. The lowest BCUT2D eigenvalue weighted by molar-refractivity contribution is -0.141. The number of halogens is 1. The Labute approximate surface area is 114 Å². The van der Waals surface area contributed by atoms with Crippen molar-refractivity contribution in [2.45, 2.75) is 19.5 Å². The molecular formula is C13H19ClN2O2. The third-order valence-electron chi connectivity index (χ3n) is 3.16. The first kappa shape index (κ1) is 14.8. The standard InChI is InChI=1S/C13H18N2O2.ClH/c1-10(13(16)17-2)15-8-7-14-9-11-5-3-4-6-12(11)15;/h3-6,10,14H,7-9H2,1-2H3;1H. The van der Waals surface area contributed by atoms with E-state index in [0.29, 0.717) is 0 Å².